The number of hydrogen-bond donors (Lipinski definition) is 1. The summed E-state index contributed by atoms with van der Waals surface area (Å²) >= 11 is 0. The number of alkyl halides is 2. The Kier molecular flexibility index (Phi) is 3.45. The van der Waals surface area contributed by atoms with Crippen LogP contribution in [0.4, 0.5) is 8.78 Å². The van der Waals surface area contributed by atoms with Crippen LogP contribution in [0, 0.1) is 0 Å². The van der Waals surface area contributed by atoms with Crippen LogP contribution in [-0.2, 0) is 11.3 Å². The average Bonchev–Trinajstić information content (AvgIpc) is 2.74. The third-order valence-corrected chi connectivity index (χ3v) is 3.07. The number of carbonyl (C=O) groups excluding carboxylic acids is 1. The molecule has 0 aliphatic heterocycles. The van der Waals surface area contributed by atoms with Crippen LogP contribution in [0.2, 0.25) is 0 Å². The van der Waals surface area contributed by atoms with Gasteiger partial charge in [-0.25, -0.2) is 8.78 Å². The summed E-state index contributed by atoms with van der Waals surface area (Å²) in [5.74, 6) is -2.65. The monoisotopic (exact) mass is 242 g/mol. The third-order valence-electron chi connectivity index (χ3n) is 3.07. The zero-order valence-electron chi connectivity index (χ0n) is 9.53. The molecule has 0 unspecified atom stereocenters. The summed E-state index contributed by atoms with van der Waals surface area (Å²) in [4.78, 5) is 11.6. The van der Waals surface area contributed by atoms with Crippen molar-refractivity contribution in [1.29, 1.82) is 0 Å². The first-order chi connectivity index (χ1) is 8.05. The normalized spacial score (nSPS) is 20.1. The summed E-state index contributed by atoms with van der Waals surface area (Å²) in [6.07, 6.45) is 4.08. The number of carbonyl (C=O) groups is 1. The van der Waals surface area contributed by atoms with Crippen LogP contribution in [0.25, 0.3) is 0 Å². The van der Waals surface area contributed by atoms with Crippen LogP contribution in [0.5, 0.6) is 0 Å². The van der Waals surface area contributed by atoms with Gasteiger partial charge in [-0.3, -0.25) is 4.79 Å². The Hall–Kier alpha value is -1.39. The highest BCUT2D eigenvalue weighted by Crippen LogP contribution is 2.32. The summed E-state index contributed by atoms with van der Waals surface area (Å²) in [5, 5.41) is 2.80. The second-order valence-electron chi connectivity index (χ2n) is 4.55. The molecule has 0 bridgehead atoms. The Bertz CT molecular complexity index is 366. The van der Waals surface area contributed by atoms with Gasteiger partial charge in [0.1, 0.15) is 6.54 Å². The number of hydrogen-bond acceptors (Lipinski definition) is 1. The maximum Gasteiger partial charge on any atom is 0.248 e. The predicted molar refractivity (Wildman–Crippen MR) is 59.8 cm³/mol. The summed E-state index contributed by atoms with van der Waals surface area (Å²) in [5.41, 5.74) is 0. The molecule has 1 aromatic heterocycles. The minimum atomic E-state index is -2.54. The smallest absolute Gasteiger partial charge is 0.248 e. The molecule has 1 fully saturated rings. The van der Waals surface area contributed by atoms with E-state index in [9.17, 15) is 13.6 Å². The van der Waals surface area contributed by atoms with E-state index < -0.39 is 5.92 Å². The van der Waals surface area contributed by atoms with Crippen molar-refractivity contribution in [3.05, 3.63) is 24.5 Å². The van der Waals surface area contributed by atoms with E-state index in [1.54, 1.807) is 17.0 Å². The first-order valence-corrected chi connectivity index (χ1v) is 5.83. The van der Waals surface area contributed by atoms with Gasteiger partial charge in [0, 0.05) is 31.3 Å². The van der Waals surface area contributed by atoms with Gasteiger partial charge in [-0.1, -0.05) is 0 Å². The molecule has 1 heterocycles. The highest BCUT2D eigenvalue weighted by molar-refractivity contribution is 5.76. The van der Waals surface area contributed by atoms with E-state index in [0.29, 0.717) is 12.8 Å². The van der Waals surface area contributed by atoms with Gasteiger partial charge >= 0.3 is 0 Å². The van der Waals surface area contributed by atoms with E-state index in [2.05, 4.69) is 5.32 Å². The fraction of sp³-hybridized carbons (Fsp3) is 0.583. The third kappa shape index (κ3) is 3.54. The summed E-state index contributed by atoms with van der Waals surface area (Å²) in [6, 6.07) is 3.58. The molecule has 17 heavy (non-hydrogen) atoms. The van der Waals surface area contributed by atoms with E-state index in [1.807, 2.05) is 12.1 Å². The van der Waals surface area contributed by atoms with Crippen molar-refractivity contribution in [2.24, 2.45) is 0 Å². The van der Waals surface area contributed by atoms with Crippen molar-refractivity contribution in [3.8, 4) is 0 Å². The van der Waals surface area contributed by atoms with Crippen LogP contribution >= 0.6 is 0 Å². The van der Waals surface area contributed by atoms with Gasteiger partial charge in [0.15, 0.2) is 0 Å². The van der Waals surface area contributed by atoms with Crippen molar-refractivity contribution >= 4 is 5.91 Å². The molecule has 94 valence electrons. The maximum absolute atomic E-state index is 12.9. The SMILES string of the molecule is O=C(Cn1cccc1)NC1CCC(F)(F)CC1. The first kappa shape index (κ1) is 12.1. The minimum absolute atomic E-state index is 0.0994. The van der Waals surface area contributed by atoms with Crippen molar-refractivity contribution in [2.75, 3.05) is 0 Å². The standard InChI is InChI=1S/C12H16F2N2O/c13-12(14)5-3-10(4-6-12)15-11(17)9-16-7-1-2-8-16/h1-2,7-8,10H,3-6,9H2,(H,15,17). The molecule has 1 aliphatic carbocycles. The molecule has 2 rings (SSSR count). The zero-order chi connectivity index (χ0) is 12.3. The molecule has 0 atom stereocenters. The molecule has 1 amide bonds. The number of nitrogens with one attached hydrogen (secondary N) is 1. The highest BCUT2D eigenvalue weighted by atomic mass is 19.3. The quantitative estimate of drug-likeness (QED) is 0.866. The van der Waals surface area contributed by atoms with Crippen LogP contribution in [0.3, 0.4) is 0 Å². The fourth-order valence-corrected chi connectivity index (χ4v) is 2.10. The van der Waals surface area contributed by atoms with Crippen LogP contribution in [0.15, 0.2) is 24.5 Å². The summed E-state index contributed by atoms with van der Waals surface area (Å²) < 4.78 is 27.6. The molecule has 0 saturated heterocycles. The number of halogens is 2. The summed E-state index contributed by atoms with van der Waals surface area (Å²) in [7, 11) is 0. The predicted octanol–water partition coefficient (Wildman–Crippen LogP) is 2.18. The van der Waals surface area contributed by atoms with E-state index in [4.69, 9.17) is 0 Å². The van der Waals surface area contributed by atoms with E-state index in [-0.39, 0.29) is 31.3 Å². The number of nitrogens with zero attached hydrogens (tertiary/aromatic N) is 1. The molecule has 0 aromatic carbocycles. The van der Waals surface area contributed by atoms with E-state index in [1.165, 1.54) is 0 Å². The average molecular weight is 242 g/mol. The number of aromatic nitrogens is 1. The molecule has 0 radical (unpaired) electrons. The molecule has 1 aromatic rings. The van der Waals surface area contributed by atoms with Gasteiger partial charge in [-0.15, -0.1) is 0 Å². The Morgan fingerprint density at radius 1 is 1.29 bits per heavy atom. The Morgan fingerprint density at radius 2 is 1.88 bits per heavy atom. The van der Waals surface area contributed by atoms with Crippen molar-refractivity contribution in [1.82, 2.24) is 9.88 Å². The molecular formula is C12H16F2N2O. The maximum atomic E-state index is 12.9. The lowest BCUT2D eigenvalue weighted by Crippen LogP contribution is -2.41. The minimum Gasteiger partial charge on any atom is -0.352 e. The zero-order valence-corrected chi connectivity index (χ0v) is 9.53. The summed E-state index contributed by atoms with van der Waals surface area (Å²) in [6.45, 7) is 0.250. The van der Waals surface area contributed by atoms with Crippen LogP contribution in [-0.4, -0.2) is 22.4 Å². The number of amides is 1. The van der Waals surface area contributed by atoms with E-state index in [0.717, 1.165) is 0 Å². The lowest BCUT2D eigenvalue weighted by Gasteiger charge is -2.28. The van der Waals surface area contributed by atoms with Crippen molar-refractivity contribution in [3.63, 3.8) is 0 Å². The largest absolute Gasteiger partial charge is 0.352 e. The second kappa shape index (κ2) is 4.85. The molecule has 1 N–H and O–H groups in total. The Morgan fingerprint density at radius 3 is 2.47 bits per heavy atom. The van der Waals surface area contributed by atoms with Gasteiger partial charge in [-0.05, 0) is 25.0 Å². The van der Waals surface area contributed by atoms with Crippen LogP contribution < -0.4 is 5.32 Å². The van der Waals surface area contributed by atoms with Gasteiger partial charge in [0.25, 0.3) is 0 Å². The van der Waals surface area contributed by atoms with Crippen molar-refractivity contribution < 1.29 is 13.6 Å². The van der Waals surface area contributed by atoms with Gasteiger partial charge in [0.05, 0.1) is 0 Å². The van der Waals surface area contributed by atoms with Gasteiger partial charge < -0.3 is 9.88 Å². The molecule has 3 nitrogen and oxygen atoms in total. The highest BCUT2D eigenvalue weighted by Gasteiger charge is 2.35. The lowest BCUT2D eigenvalue weighted by molar-refractivity contribution is -0.123. The molecule has 0 spiro atoms. The van der Waals surface area contributed by atoms with Gasteiger partial charge in [0.2, 0.25) is 11.8 Å². The molecular weight excluding hydrogens is 226 g/mol. The first-order valence-electron chi connectivity index (χ1n) is 5.83. The lowest BCUT2D eigenvalue weighted by atomic mass is 9.92. The topological polar surface area (TPSA) is 34.0 Å². The Balaban J connectivity index is 1.76. The fourth-order valence-electron chi connectivity index (χ4n) is 2.10. The van der Waals surface area contributed by atoms with E-state index >= 15 is 0 Å². The molecule has 1 saturated carbocycles. The number of rotatable bonds is 3. The second-order valence-corrected chi connectivity index (χ2v) is 4.55. The molecule has 1 aliphatic rings. The van der Waals surface area contributed by atoms with Gasteiger partial charge in [-0.2, -0.15) is 0 Å². The Labute approximate surface area is 98.8 Å². The van der Waals surface area contributed by atoms with Crippen molar-refractivity contribution in [2.45, 2.75) is 44.2 Å². The molecule has 5 heteroatoms. The van der Waals surface area contributed by atoms with Crippen LogP contribution in [0.1, 0.15) is 25.7 Å².